The van der Waals surface area contributed by atoms with E-state index in [1.165, 1.54) is 36.4 Å². The van der Waals surface area contributed by atoms with Crippen LogP contribution in [0.2, 0.25) is 0 Å². The molecule has 264 valence electrons. The van der Waals surface area contributed by atoms with Crippen molar-refractivity contribution in [2.75, 3.05) is 28.6 Å². The van der Waals surface area contributed by atoms with Crippen molar-refractivity contribution in [2.24, 2.45) is 11.7 Å². The number of amides is 3. The van der Waals surface area contributed by atoms with Gasteiger partial charge in [0.25, 0.3) is 11.8 Å². The van der Waals surface area contributed by atoms with E-state index in [4.69, 9.17) is 10.5 Å². The predicted octanol–water partition coefficient (Wildman–Crippen LogP) is 5.83. The summed E-state index contributed by atoms with van der Waals surface area (Å²) in [6.45, 7) is 4.37. The lowest BCUT2D eigenvalue weighted by Gasteiger charge is -2.34. The van der Waals surface area contributed by atoms with Crippen LogP contribution in [0.15, 0.2) is 60.7 Å². The summed E-state index contributed by atoms with van der Waals surface area (Å²) in [5.74, 6) is -3.72. The van der Waals surface area contributed by atoms with Gasteiger partial charge in [0.15, 0.2) is 5.69 Å². The molecular weight excluding hydrogens is 660 g/mol. The van der Waals surface area contributed by atoms with Gasteiger partial charge in [-0.15, -0.1) is 0 Å². The van der Waals surface area contributed by atoms with Crippen molar-refractivity contribution < 1.29 is 41.5 Å². The summed E-state index contributed by atoms with van der Waals surface area (Å²) >= 11 is 0. The maximum absolute atomic E-state index is 14.2. The fraction of sp³-hybridized carbons (Fsp3) is 0.343. The van der Waals surface area contributed by atoms with Crippen LogP contribution in [0.4, 0.5) is 34.6 Å². The quantitative estimate of drug-likeness (QED) is 0.147. The number of ether oxygens (including phenoxy) is 1. The molecule has 4 aromatic rings. The van der Waals surface area contributed by atoms with Crippen molar-refractivity contribution >= 4 is 51.7 Å². The average molecular weight is 697 g/mol. The molecule has 1 atom stereocenters. The molecule has 0 bridgehead atoms. The molecule has 0 radical (unpaired) electrons. The van der Waals surface area contributed by atoms with Gasteiger partial charge in [-0.05, 0) is 81.6 Å². The van der Waals surface area contributed by atoms with Gasteiger partial charge in [-0.1, -0.05) is 18.2 Å². The van der Waals surface area contributed by atoms with Crippen LogP contribution in [0, 0.1) is 11.7 Å². The van der Waals surface area contributed by atoms with Crippen molar-refractivity contribution in [2.45, 2.75) is 58.4 Å². The number of hydrogen-bond donors (Lipinski definition) is 3. The monoisotopic (exact) mass is 696 g/mol. The average Bonchev–Trinajstić information content (AvgIpc) is 3.38. The Labute approximate surface area is 284 Å². The minimum atomic E-state index is -4.60. The van der Waals surface area contributed by atoms with Gasteiger partial charge in [0.05, 0.1) is 29.2 Å². The lowest BCUT2D eigenvalue weighted by Crippen LogP contribution is -2.41. The highest BCUT2D eigenvalue weighted by Gasteiger charge is 2.31. The number of nitrogens with two attached hydrogens (primary N) is 1. The number of aromatic nitrogens is 2. The fourth-order valence-electron chi connectivity index (χ4n) is 5.81. The Hall–Kier alpha value is -5.47. The number of benzene rings is 3. The maximum Gasteiger partial charge on any atom is 0.408 e. The van der Waals surface area contributed by atoms with E-state index in [0.29, 0.717) is 29.8 Å². The maximum atomic E-state index is 14.2. The molecular formula is C35H36F4N6O5. The van der Waals surface area contributed by atoms with Crippen LogP contribution < -0.4 is 21.3 Å². The number of esters is 1. The second-order valence-corrected chi connectivity index (χ2v) is 13.0. The third kappa shape index (κ3) is 8.76. The first-order valence-electron chi connectivity index (χ1n) is 15.8. The van der Waals surface area contributed by atoms with E-state index in [1.54, 1.807) is 32.9 Å². The Morgan fingerprint density at radius 1 is 0.960 bits per heavy atom. The number of primary amides is 1. The van der Waals surface area contributed by atoms with Crippen LogP contribution in [0.5, 0.6) is 0 Å². The number of carbonyl (C=O) groups is 4. The number of anilines is 3. The summed E-state index contributed by atoms with van der Waals surface area (Å²) in [4.78, 5) is 53.7. The highest BCUT2D eigenvalue weighted by Crippen LogP contribution is 2.33. The molecule has 1 unspecified atom stereocenters. The Morgan fingerprint density at radius 2 is 1.68 bits per heavy atom. The minimum Gasteiger partial charge on any atom is -0.460 e. The summed E-state index contributed by atoms with van der Waals surface area (Å²) in [5.41, 5.74) is 5.57. The molecule has 4 N–H and O–H groups in total. The second-order valence-electron chi connectivity index (χ2n) is 13.0. The van der Waals surface area contributed by atoms with Crippen LogP contribution in [-0.2, 0) is 27.3 Å². The number of nitrogens with zero attached hydrogens (tertiary/aromatic N) is 3. The summed E-state index contributed by atoms with van der Waals surface area (Å²) in [6, 6.07) is 14.0. The zero-order chi connectivity index (χ0) is 36.4. The van der Waals surface area contributed by atoms with Crippen LogP contribution >= 0.6 is 0 Å². The van der Waals surface area contributed by atoms with Crippen LogP contribution in [-0.4, -0.2) is 58.3 Å². The summed E-state index contributed by atoms with van der Waals surface area (Å²) in [7, 11) is 0. The first kappa shape index (κ1) is 35.8. The Morgan fingerprint density at radius 3 is 2.38 bits per heavy atom. The number of alkyl halides is 3. The van der Waals surface area contributed by atoms with E-state index in [0.717, 1.165) is 12.1 Å². The van der Waals surface area contributed by atoms with Gasteiger partial charge < -0.3 is 26.0 Å². The number of para-hydroxylation sites is 1. The van der Waals surface area contributed by atoms with Gasteiger partial charge in [-0.3, -0.25) is 23.9 Å². The third-order valence-electron chi connectivity index (χ3n) is 7.94. The molecule has 0 spiro atoms. The predicted molar refractivity (Wildman–Crippen MR) is 178 cm³/mol. The zero-order valence-corrected chi connectivity index (χ0v) is 27.6. The van der Waals surface area contributed by atoms with E-state index in [9.17, 15) is 36.7 Å². The summed E-state index contributed by atoms with van der Waals surface area (Å²) < 4.78 is 60.3. The van der Waals surface area contributed by atoms with E-state index >= 15 is 0 Å². The number of fused-ring (bicyclic) bond motifs is 1. The van der Waals surface area contributed by atoms with E-state index in [1.807, 2.05) is 4.90 Å². The highest BCUT2D eigenvalue weighted by atomic mass is 19.4. The lowest BCUT2D eigenvalue weighted by molar-refractivity contribution is -0.154. The molecule has 1 aliphatic heterocycles. The van der Waals surface area contributed by atoms with Crippen LogP contribution in [0.25, 0.3) is 10.9 Å². The molecule has 1 fully saturated rings. The highest BCUT2D eigenvalue weighted by molar-refractivity contribution is 6.13. The topological polar surface area (TPSA) is 149 Å². The van der Waals surface area contributed by atoms with Crippen LogP contribution in [0.3, 0.4) is 0 Å². The molecule has 5 rings (SSSR count). The molecule has 50 heavy (non-hydrogen) atoms. The van der Waals surface area contributed by atoms with E-state index in [2.05, 4.69) is 15.7 Å². The van der Waals surface area contributed by atoms with Crippen molar-refractivity contribution in [1.82, 2.24) is 9.78 Å². The van der Waals surface area contributed by atoms with Gasteiger partial charge in [0, 0.05) is 29.7 Å². The van der Waals surface area contributed by atoms with Gasteiger partial charge in [-0.2, -0.15) is 18.3 Å². The first-order chi connectivity index (χ1) is 23.5. The molecule has 1 saturated heterocycles. The van der Waals surface area contributed by atoms with Gasteiger partial charge in [-0.25, -0.2) is 4.39 Å². The van der Waals surface area contributed by atoms with Gasteiger partial charge >= 0.3 is 12.1 Å². The van der Waals surface area contributed by atoms with Gasteiger partial charge in [0.2, 0.25) is 5.91 Å². The van der Waals surface area contributed by atoms with Crippen molar-refractivity contribution in [3.8, 4) is 0 Å². The number of piperidine rings is 1. The smallest absolute Gasteiger partial charge is 0.408 e. The number of carbonyl (C=O) groups excluding carboxylic acids is 4. The zero-order valence-electron chi connectivity index (χ0n) is 27.6. The lowest BCUT2D eigenvalue weighted by atomic mass is 9.96. The second kappa shape index (κ2) is 14.2. The molecule has 1 aliphatic rings. The van der Waals surface area contributed by atoms with Crippen LogP contribution in [0.1, 0.15) is 60.0 Å². The standard InChI is InChI=1S/C35H36F4N6O5/c1-34(2,3)50-29(46)17-22-15-23(36)11-12-25(22)41-32(48)20-10-13-28(44-14-6-7-21(18-44)31(40)47)26(16-20)42-33(49)30-24-8-4-5-9-27(24)45(43-30)19-35(37,38)39/h4-5,8-13,15-16,21H,6-7,14,17-19H2,1-3H3,(H2,40,47)(H,41,48)(H,42,49). The molecule has 1 aromatic heterocycles. The van der Waals surface area contributed by atoms with E-state index in [-0.39, 0.29) is 52.1 Å². The number of hydrogen-bond acceptors (Lipinski definition) is 7. The largest absolute Gasteiger partial charge is 0.460 e. The summed E-state index contributed by atoms with van der Waals surface area (Å²) in [5, 5.41) is 9.57. The van der Waals surface area contributed by atoms with Gasteiger partial charge in [0.1, 0.15) is 18.0 Å². The minimum absolute atomic E-state index is 0.0486. The van der Waals surface area contributed by atoms with Crippen molar-refractivity contribution in [1.29, 1.82) is 0 Å². The molecule has 11 nitrogen and oxygen atoms in total. The van der Waals surface area contributed by atoms with Crippen molar-refractivity contribution in [3.05, 3.63) is 83.3 Å². The third-order valence-corrected chi connectivity index (χ3v) is 7.94. The normalized spacial score (nSPS) is 15.1. The molecule has 0 saturated carbocycles. The number of rotatable bonds is 9. The molecule has 3 aromatic carbocycles. The summed E-state index contributed by atoms with van der Waals surface area (Å²) in [6.07, 6.45) is -3.74. The number of nitrogens with one attached hydrogen (secondary N) is 2. The Kier molecular flexibility index (Phi) is 10.2. The van der Waals surface area contributed by atoms with Crippen molar-refractivity contribution in [3.63, 3.8) is 0 Å². The molecule has 2 heterocycles. The molecule has 15 heteroatoms. The molecule has 3 amide bonds. The number of halogens is 4. The fourth-order valence-corrected chi connectivity index (χ4v) is 5.81. The first-order valence-corrected chi connectivity index (χ1v) is 15.8. The van der Waals surface area contributed by atoms with E-state index < -0.39 is 53.7 Å². The SMILES string of the molecule is CC(C)(C)OC(=O)Cc1cc(F)ccc1NC(=O)c1ccc(N2CCCC(C(N)=O)C2)c(NC(=O)c2nn(CC(F)(F)F)c3ccccc23)c1. The Balaban J connectivity index is 1.49. The molecule has 0 aliphatic carbocycles. The Bertz CT molecular complexity index is 1950.